The lowest BCUT2D eigenvalue weighted by Crippen LogP contribution is -2.48. The molecule has 0 unspecified atom stereocenters. The van der Waals surface area contributed by atoms with E-state index >= 15 is 0 Å². The molecular weight excluding hydrogens is 452 g/mol. The van der Waals surface area contributed by atoms with Gasteiger partial charge in [-0.3, -0.25) is 4.79 Å². The summed E-state index contributed by atoms with van der Waals surface area (Å²) in [5.41, 5.74) is 0.481. The molecule has 4 rings (SSSR count). The van der Waals surface area contributed by atoms with Crippen LogP contribution in [0.3, 0.4) is 0 Å². The average Bonchev–Trinajstić information content (AvgIpc) is 2.73. The first kappa shape index (κ1) is 22.1. The Balaban J connectivity index is 1.72. The van der Waals surface area contributed by atoms with Gasteiger partial charge in [-0.1, -0.05) is 11.6 Å². The molecule has 6 nitrogen and oxygen atoms in total. The molecule has 0 spiro atoms. The minimum absolute atomic E-state index is 0.00337. The molecule has 0 saturated carbocycles. The van der Waals surface area contributed by atoms with Crippen molar-refractivity contribution in [1.82, 2.24) is 14.9 Å². The van der Waals surface area contributed by atoms with Crippen LogP contribution in [-0.4, -0.2) is 53.3 Å². The number of benzene rings is 2. The van der Waals surface area contributed by atoms with E-state index in [1.165, 1.54) is 19.3 Å². The zero-order chi connectivity index (χ0) is 23.0. The van der Waals surface area contributed by atoms with Crippen LogP contribution >= 0.6 is 11.6 Å². The molecule has 1 amide bonds. The van der Waals surface area contributed by atoms with E-state index in [0.29, 0.717) is 42.9 Å². The number of hydrogen-bond acceptors (Lipinski definition) is 5. The molecular formula is C21H17ClF4N4O2. The number of rotatable bonds is 3. The average molecular weight is 469 g/mol. The van der Waals surface area contributed by atoms with Gasteiger partial charge in [-0.2, -0.15) is 0 Å². The molecule has 0 bridgehead atoms. The number of carbonyl (C=O) groups excluding carboxylic acids is 1. The predicted molar refractivity (Wildman–Crippen MR) is 111 cm³/mol. The number of amides is 1. The van der Waals surface area contributed by atoms with Crippen molar-refractivity contribution in [3.8, 4) is 16.9 Å². The number of hydrogen-bond donors (Lipinski definition) is 0. The summed E-state index contributed by atoms with van der Waals surface area (Å²) < 4.78 is 56.1. The molecule has 2 heterocycles. The third-order valence-electron chi connectivity index (χ3n) is 5.19. The summed E-state index contributed by atoms with van der Waals surface area (Å²) in [6.07, 6.45) is -3.55. The first-order valence-corrected chi connectivity index (χ1v) is 10.0. The van der Waals surface area contributed by atoms with Crippen molar-refractivity contribution < 1.29 is 27.1 Å². The normalized spacial score (nSPS) is 14.7. The summed E-state index contributed by atoms with van der Waals surface area (Å²) in [5.74, 6) is -0.697. The molecule has 0 N–H and O–H groups in total. The van der Waals surface area contributed by atoms with E-state index in [0.717, 1.165) is 18.2 Å². The van der Waals surface area contributed by atoms with E-state index in [-0.39, 0.29) is 22.1 Å². The maximum atomic E-state index is 14.5. The van der Waals surface area contributed by atoms with Gasteiger partial charge < -0.3 is 14.5 Å². The monoisotopic (exact) mass is 468 g/mol. The minimum Gasteiger partial charge on any atom is -0.406 e. The van der Waals surface area contributed by atoms with E-state index in [2.05, 4.69) is 14.7 Å². The number of piperazine rings is 1. The van der Waals surface area contributed by atoms with Gasteiger partial charge in [0, 0.05) is 54.6 Å². The molecule has 1 fully saturated rings. The highest BCUT2D eigenvalue weighted by molar-refractivity contribution is 6.34. The Hall–Kier alpha value is -3.14. The van der Waals surface area contributed by atoms with E-state index < -0.39 is 17.9 Å². The van der Waals surface area contributed by atoms with E-state index in [1.807, 2.05) is 4.90 Å². The van der Waals surface area contributed by atoms with E-state index in [9.17, 15) is 22.4 Å². The van der Waals surface area contributed by atoms with Crippen LogP contribution in [0.25, 0.3) is 22.0 Å². The second-order valence-electron chi connectivity index (χ2n) is 7.23. The summed E-state index contributed by atoms with van der Waals surface area (Å²) in [5, 5.41) is 0.736. The SMILES string of the molecule is CC(=O)N1CCN(c2ncnc3cc(-c4cc(OC(F)(F)F)ccc4F)c(Cl)cc23)CC1. The van der Waals surface area contributed by atoms with Crippen LogP contribution in [-0.2, 0) is 4.79 Å². The van der Waals surface area contributed by atoms with Crippen LogP contribution < -0.4 is 9.64 Å². The van der Waals surface area contributed by atoms with Crippen LogP contribution in [0.15, 0.2) is 36.7 Å². The summed E-state index contributed by atoms with van der Waals surface area (Å²) in [4.78, 5) is 23.9. The van der Waals surface area contributed by atoms with Crippen molar-refractivity contribution in [2.75, 3.05) is 31.1 Å². The van der Waals surface area contributed by atoms with Crippen LogP contribution in [0, 0.1) is 5.82 Å². The quantitative estimate of drug-likeness (QED) is 0.523. The second kappa shape index (κ2) is 8.42. The number of aromatic nitrogens is 2. The van der Waals surface area contributed by atoms with Crippen LogP contribution in [0.1, 0.15) is 6.92 Å². The molecule has 11 heteroatoms. The van der Waals surface area contributed by atoms with Gasteiger partial charge in [-0.05, 0) is 30.3 Å². The summed E-state index contributed by atoms with van der Waals surface area (Å²) in [6.45, 7) is 3.74. The highest BCUT2D eigenvalue weighted by atomic mass is 35.5. The van der Waals surface area contributed by atoms with Gasteiger partial charge in [0.2, 0.25) is 5.91 Å². The Morgan fingerprint density at radius 1 is 1.06 bits per heavy atom. The summed E-state index contributed by atoms with van der Waals surface area (Å²) in [6, 6.07) is 5.79. The standard InChI is InChI=1S/C21H17ClF4N4O2/c1-12(31)29-4-6-30(7-5-29)20-16-9-17(22)14(10-19(16)27-11-28-20)15-8-13(2-3-18(15)23)32-21(24,25)26/h2-3,8-11H,4-7H2,1H3. The van der Waals surface area contributed by atoms with Crippen LogP contribution in [0.5, 0.6) is 5.75 Å². The highest BCUT2D eigenvalue weighted by Crippen LogP contribution is 2.37. The number of nitrogens with zero attached hydrogens (tertiary/aromatic N) is 4. The Bertz CT molecular complexity index is 1180. The van der Waals surface area contributed by atoms with Crippen molar-refractivity contribution in [3.05, 3.63) is 47.5 Å². The van der Waals surface area contributed by atoms with Gasteiger partial charge in [-0.25, -0.2) is 14.4 Å². The van der Waals surface area contributed by atoms with Gasteiger partial charge in [0.1, 0.15) is 23.7 Å². The molecule has 0 radical (unpaired) electrons. The van der Waals surface area contributed by atoms with Crippen LogP contribution in [0.2, 0.25) is 5.02 Å². The summed E-state index contributed by atoms with van der Waals surface area (Å²) >= 11 is 6.41. The van der Waals surface area contributed by atoms with Crippen molar-refractivity contribution in [2.45, 2.75) is 13.3 Å². The topological polar surface area (TPSA) is 58.6 Å². The van der Waals surface area contributed by atoms with Crippen molar-refractivity contribution in [3.63, 3.8) is 0 Å². The molecule has 2 aromatic carbocycles. The molecule has 1 aliphatic heterocycles. The Labute approximate surface area is 185 Å². The third kappa shape index (κ3) is 4.55. The largest absolute Gasteiger partial charge is 0.573 e. The number of alkyl halides is 3. The van der Waals surface area contributed by atoms with Gasteiger partial charge in [0.05, 0.1) is 5.52 Å². The fourth-order valence-electron chi connectivity index (χ4n) is 3.66. The number of anilines is 1. The smallest absolute Gasteiger partial charge is 0.406 e. The lowest BCUT2D eigenvalue weighted by atomic mass is 10.0. The van der Waals surface area contributed by atoms with Crippen LogP contribution in [0.4, 0.5) is 23.4 Å². The highest BCUT2D eigenvalue weighted by Gasteiger charge is 2.31. The third-order valence-corrected chi connectivity index (χ3v) is 5.50. The fourth-order valence-corrected chi connectivity index (χ4v) is 3.93. The Morgan fingerprint density at radius 3 is 2.44 bits per heavy atom. The molecule has 1 saturated heterocycles. The molecule has 32 heavy (non-hydrogen) atoms. The van der Waals surface area contributed by atoms with E-state index in [4.69, 9.17) is 11.6 Å². The molecule has 1 aromatic heterocycles. The Kier molecular flexibility index (Phi) is 5.81. The molecule has 168 valence electrons. The molecule has 1 aliphatic rings. The first-order valence-electron chi connectivity index (χ1n) is 9.63. The fraction of sp³-hybridized carbons (Fsp3) is 0.286. The van der Waals surface area contributed by atoms with Gasteiger partial charge in [-0.15, -0.1) is 13.2 Å². The lowest BCUT2D eigenvalue weighted by Gasteiger charge is -2.35. The predicted octanol–water partition coefficient (Wildman–Crippen LogP) is 4.66. The molecule has 3 aromatic rings. The molecule has 0 atom stereocenters. The maximum absolute atomic E-state index is 14.5. The van der Waals surface area contributed by atoms with E-state index in [1.54, 1.807) is 11.0 Å². The maximum Gasteiger partial charge on any atom is 0.573 e. The van der Waals surface area contributed by atoms with Gasteiger partial charge in [0.15, 0.2) is 0 Å². The van der Waals surface area contributed by atoms with Gasteiger partial charge in [0.25, 0.3) is 0 Å². The van der Waals surface area contributed by atoms with Gasteiger partial charge >= 0.3 is 6.36 Å². The first-order chi connectivity index (χ1) is 15.1. The minimum atomic E-state index is -4.91. The van der Waals surface area contributed by atoms with Crippen molar-refractivity contribution in [1.29, 1.82) is 0 Å². The zero-order valence-electron chi connectivity index (χ0n) is 16.8. The Morgan fingerprint density at radius 2 is 1.78 bits per heavy atom. The molecule has 0 aliphatic carbocycles. The second-order valence-corrected chi connectivity index (χ2v) is 7.64. The number of ether oxygens (including phenoxy) is 1. The summed E-state index contributed by atoms with van der Waals surface area (Å²) in [7, 11) is 0. The zero-order valence-corrected chi connectivity index (χ0v) is 17.5. The number of fused-ring (bicyclic) bond motifs is 1. The van der Waals surface area contributed by atoms with Crippen molar-refractivity contribution in [2.24, 2.45) is 0 Å². The number of halogens is 5. The lowest BCUT2D eigenvalue weighted by molar-refractivity contribution is -0.274. The number of carbonyl (C=O) groups is 1. The van der Waals surface area contributed by atoms with Crippen molar-refractivity contribution >= 4 is 34.2 Å².